The number of carbonyl (C=O) groups excluding carboxylic acids is 6. The fourth-order valence-electron chi connectivity index (χ4n) is 5.61. The molecule has 2 rings (SSSR count). The lowest BCUT2D eigenvalue weighted by atomic mass is 10.0. The van der Waals surface area contributed by atoms with E-state index in [1.165, 1.54) is 18.7 Å². The maximum Gasteiger partial charge on any atom is 0.408 e. The molecule has 0 aromatic heterocycles. The SMILES string of the molecule is CSCC[C@H](NC(=O)[C@H](Cc1ccccc1)NC(=O)[C@H](CC(=O)O)NC(=O)[C@H](C)NC(=O)[C@@H](NC(=O)OCc1ccccc1)C(C)C)C(=O)N[C@@H](CCCCN)C(=O)O. The number of benzene rings is 2. The fourth-order valence-corrected chi connectivity index (χ4v) is 6.08. The second kappa shape index (κ2) is 26.3. The molecule has 0 saturated heterocycles. The van der Waals surface area contributed by atoms with Crippen LogP contribution in [0.25, 0.3) is 0 Å². The Bertz CT molecular complexity index is 1700. The molecule has 0 aliphatic heterocycles. The van der Waals surface area contributed by atoms with Crippen molar-refractivity contribution >= 4 is 59.3 Å². The first kappa shape index (κ1) is 49.5. The minimum Gasteiger partial charge on any atom is -0.481 e. The van der Waals surface area contributed by atoms with E-state index in [0.717, 1.165) is 5.56 Å². The van der Waals surface area contributed by atoms with Crippen LogP contribution in [0.2, 0.25) is 0 Å². The van der Waals surface area contributed by atoms with Crippen LogP contribution in [0.4, 0.5) is 4.79 Å². The van der Waals surface area contributed by atoms with Crippen molar-refractivity contribution in [1.82, 2.24) is 31.9 Å². The molecule has 0 aliphatic rings. The third kappa shape index (κ3) is 18.6. The number of unbranched alkanes of at least 4 members (excludes halogenated alkanes) is 1. The topological polar surface area (TPSA) is 284 Å². The van der Waals surface area contributed by atoms with E-state index in [1.54, 1.807) is 80.8 Å². The summed E-state index contributed by atoms with van der Waals surface area (Å²) in [5, 5.41) is 34.2. The van der Waals surface area contributed by atoms with E-state index >= 15 is 0 Å². The lowest BCUT2D eigenvalue weighted by molar-refractivity contribution is -0.142. The molecule has 0 saturated carbocycles. The van der Waals surface area contributed by atoms with E-state index in [2.05, 4.69) is 31.9 Å². The van der Waals surface area contributed by atoms with Crippen LogP contribution in [0, 0.1) is 5.92 Å². The maximum atomic E-state index is 13.9. The molecule has 10 N–H and O–H groups in total. The van der Waals surface area contributed by atoms with Gasteiger partial charge in [0.15, 0.2) is 0 Å². The molecular weight excluding hydrogens is 787 g/mol. The minimum atomic E-state index is -1.72. The van der Waals surface area contributed by atoms with Crippen LogP contribution < -0.4 is 37.6 Å². The Morgan fingerprint density at radius 3 is 1.75 bits per heavy atom. The van der Waals surface area contributed by atoms with Crippen LogP contribution in [-0.2, 0) is 51.3 Å². The monoisotopic (exact) mass is 843 g/mol. The summed E-state index contributed by atoms with van der Waals surface area (Å²) < 4.78 is 5.22. The highest BCUT2D eigenvalue weighted by atomic mass is 32.2. The Morgan fingerprint density at radius 1 is 0.644 bits per heavy atom. The summed E-state index contributed by atoms with van der Waals surface area (Å²) in [6, 6.07) is 9.40. The van der Waals surface area contributed by atoms with Crippen molar-refractivity contribution in [1.29, 1.82) is 0 Å². The molecule has 0 bridgehead atoms. The number of alkyl carbamates (subject to hydrolysis) is 1. The van der Waals surface area contributed by atoms with Gasteiger partial charge >= 0.3 is 18.0 Å². The van der Waals surface area contributed by atoms with Crippen LogP contribution in [0.5, 0.6) is 0 Å². The quantitative estimate of drug-likeness (QED) is 0.0600. The summed E-state index contributed by atoms with van der Waals surface area (Å²) in [7, 11) is 0. The van der Waals surface area contributed by atoms with Gasteiger partial charge < -0.3 is 52.6 Å². The molecule has 6 atom stereocenters. The van der Waals surface area contributed by atoms with Crippen molar-refractivity contribution in [3.8, 4) is 0 Å². The number of rotatable bonds is 26. The Balaban J connectivity index is 2.22. The predicted molar refractivity (Wildman–Crippen MR) is 220 cm³/mol. The number of carbonyl (C=O) groups is 8. The molecule has 19 heteroatoms. The average molecular weight is 844 g/mol. The number of hydrogen-bond donors (Lipinski definition) is 9. The second-order valence-corrected chi connectivity index (χ2v) is 15.1. The molecule has 18 nitrogen and oxygen atoms in total. The lowest BCUT2D eigenvalue weighted by Gasteiger charge is -2.27. The first-order valence-corrected chi connectivity index (χ1v) is 20.6. The van der Waals surface area contributed by atoms with E-state index in [-0.39, 0.29) is 25.9 Å². The van der Waals surface area contributed by atoms with E-state index in [4.69, 9.17) is 10.5 Å². The van der Waals surface area contributed by atoms with Crippen molar-refractivity contribution < 1.29 is 53.3 Å². The first-order chi connectivity index (χ1) is 28.1. The molecule has 59 heavy (non-hydrogen) atoms. The summed E-state index contributed by atoms with van der Waals surface area (Å²) in [6.45, 7) is 4.93. The van der Waals surface area contributed by atoms with Crippen molar-refractivity contribution in [3.05, 3.63) is 71.8 Å². The molecular formula is C40H57N7O11S. The largest absolute Gasteiger partial charge is 0.481 e. The smallest absolute Gasteiger partial charge is 0.408 e. The second-order valence-electron chi connectivity index (χ2n) is 14.1. The lowest BCUT2D eigenvalue weighted by Crippen LogP contribution is -2.60. The van der Waals surface area contributed by atoms with Crippen molar-refractivity contribution in [2.45, 2.75) is 102 Å². The van der Waals surface area contributed by atoms with Crippen molar-refractivity contribution in [3.63, 3.8) is 0 Å². The number of hydrogen-bond acceptors (Lipinski definition) is 11. The van der Waals surface area contributed by atoms with Gasteiger partial charge in [-0.25, -0.2) is 9.59 Å². The minimum absolute atomic E-state index is 0.0457. The molecule has 0 fully saturated rings. The number of amides is 6. The van der Waals surface area contributed by atoms with E-state index in [0.29, 0.717) is 30.7 Å². The molecule has 2 aromatic carbocycles. The molecule has 324 valence electrons. The molecule has 0 aliphatic carbocycles. The molecule has 0 unspecified atom stereocenters. The van der Waals surface area contributed by atoms with Gasteiger partial charge in [0.05, 0.1) is 6.42 Å². The van der Waals surface area contributed by atoms with Gasteiger partial charge in [-0.15, -0.1) is 0 Å². The number of thioether (sulfide) groups is 1. The predicted octanol–water partition coefficient (Wildman–Crippen LogP) is 1.07. The fraction of sp³-hybridized carbons (Fsp3) is 0.500. The normalized spacial score (nSPS) is 13.9. The molecule has 0 heterocycles. The highest BCUT2D eigenvalue weighted by molar-refractivity contribution is 7.98. The first-order valence-electron chi connectivity index (χ1n) is 19.2. The van der Waals surface area contributed by atoms with Crippen LogP contribution in [-0.4, -0.2) is 113 Å². The van der Waals surface area contributed by atoms with Gasteiger partial charge in [-0.2, -0.15) is 11.8 Å². The average Bonchev–Trinajstić information content (AvgIpc) is 3.19. The van der Waals surface area contributed by atoms with Crippen LogP contribution in [0.15, 0.2) is 60.7 Å². The number of nitrogens with one attached hydrogen (secondary N) is 6. The Kier molecular flexibility index (Phi) is 22.1. The van der Waals surface area contributed by atoms with Gasteiger partial charge in [0.25, 0.3) is 0 Å². The molecule has 0 spiro atoms. The van der Waals surface area contributed by atoms with Gasteiger partial charge in [0.1, 0.15) is 42.9 Å². The standard InChI is InChI=1S/C40H57N7O11S/c1-24(2)33(47-40(57)58-23-27-15-9-6-10-16-27)38(54)42-25(3)34(50)45-31(22-32(48)49)37(53)46-30(21-26-13-7-5-8-14-26)36(52)43-28(18-20-59-4)35(51)44-29(39(55)56)17-11-12-19-41/h5-10,13-16,24-25,28-31,33H,11-12,17-23,41H2,1-4H3,(H,42,54)(H,43,52)(H,44,51)(H,45,50)(H,46,53)(H,47,57)(H,48,49)(H,55,56)/t25-,28-,29-,30-,31-,33-/m0/s1. The highest BCUT2D eigenvalue weighted by Crippen LogP contribution is 2.10. The molecule has 0 radical (unpaired) electrons. The third-order valence-electron chi connectivity index (χ3n) is 8.92. The third-order valence-corrected chi connectivity index (χ3v) is 9.56. The molecule has 6 amide bonds. The van der Waals surface area contributed by atoms with Gasteiger partial charge in [0.2, 0.25) is 29.5 Å². The summed E-state index contributed by atoms with van der Waals surface area (Å²) in [5.41, 5.74) is 6.84. The number of nitrogens with two attached hydrogens (primary N) is 1. The zero-order valence-corrected chi connectivity index (χ0v) is 34.5. The summed E-state index contributed by atoms with van der Waals surface area (Å²) >= 11 is 1.39. The maximum absolute atomic E-state index is 13.9. The Hall–Kier alpha value is -5.69. The van der Waals surface area contributed by atoms with E-state index in [1.807, 2.05) is 0 Å². The molecule has 2 aromatic rings. The number of aliphatic carboxylic acids is 2. The van der Waals surface area contributed by atoms with E-state index < -0.39 is 96.2 Å². The summed E-state index contributed by atoms with van der Waals surface area (Å²) in [4.78, 5) is 104. The number of ether oxygens (including phenoxy) is 1. The Labute approximate surface area is 347 Å². The highest BCUT2D eigenvalue weighted by Gasteiger charge is 2.34. The van der Waals surface area contributed by atoms with Gasteiger partial charge in [0, 0.05) is 6.42 Å². The van der Waals surface area contributed by atoms with Crippen molar-refractivity contribution in [2.24, 2.45) is 11.7 Å². The zero-order valence-electron chi connectivity index (χ0n) is 33.7. The van der Waals surface area contributed by atoms with E-state index in [9.17, 15) is 48.6 Å². The van der Waals surface area contributed by atoms with Crippen LogP contribution >= 0.6 is 11.8 Å². The summed E-state index contributed by atoms with van der Waals surface area (Å²) in [5.74, 6) is -7.05. The summed E-state index contributed by atoms with van der Waals surface area (Å²) in [6.07, 6.45) is 1.14. The Morgan fingerprint density at radius 2 is 1.19 bits per heavy atom. The number of carboxylic acids is 2. The number of carboxylic acid groups (broad SMARTS) is 2. The van der Waals surface area contributed by atoms with Gasteiger partial charge in [-0.05, 0) is 68.2 Å². The van der Waals surface area contributed by atoms with Gasteiger partial charge in [-0.1, -0.05) is 74.5 Å². The van der Waals surface area contributed by atoms with Gasteiger partial charge in [-0.3, -0.25) is 28.8 Å². The van der Waals surface area contributed by atoms with Crippen LogP contribution in [0.1, 0.15) is 64.0 Å². The zero-order chi connectivity index (χ0) is 43.9. The van der Waals surface area contributed by atoms with Crippen LogP contribution in [0.3, 0.4) is 0 Å². The van der Waals surface area contributed by atoms with Crippen molar-refractivity contribution in [2.75, 3.05) is 18.6 Å².